The van der Waals surface area contributed by atoms with Crippen molar-refractivity contribution >= 4 is 0 Å². The van der Waals surface area contributed by atoms with Crippen LogP contribution in [0.1, 0.15) is 44.9 Å². The van der Waals surface area contributed by atoms with E-state index < -0.39 is 0 Å². The van der Waals surface area contributed by atoms with Crippen molar-refractivity contribution in [2.75, 3.05) is 33.3 Å². The second kappa shape index (κ2) is 8.97. The van der Waals surface area contributed by atoms with E-state index in [1.807, 2.05) is 0 Å². The van der Waals surface area contributed by atoms with Crippen molar-refractivity contribution in [3.8, 4) is 0 Å². The fourth-order valence-corrected chi connectivity index (χ4v) is 2.45. The molecule has 0 aromatic heterocycles. The van der Waals surface area contributed by atoms with E-state index in [1.165, 1.54) is 38.6 Å². The summed E-state index contributed by atoms with van der Waals surface area (Å²) in [5.74, 6) is 0. The first-order valence-corrected chi connectivity index (χ1v) is 6.86. The molecule has 0 aromatic carbocycles. The van der Waals surface area contributed by atoms with E-state index in [2.05, 4.69) is 17.3 Å². The van der Waals surface area contributed by atoms with Crippen molar-refractivity contribution in [1.29, 1.82) is 0 Å². The Labute approximate surface area is 100 Å². The summed E-state index contributed by atoms with van der Waals surface area (Å²) in [6.07, 6.45) is 8.91. The summed E-state index contributed by atoms with van der Waals surface area (Å²) in [6.45, 7) is 3.71. The molecule has 1 aliphatic rings. The van der Waals surface area contributed by atoms with E-state index in [1.54, 1.807) is 0 Å². The van der Waals surface area contributed by atoms with Gasteiger partial charge in [0.2, 0.25) is 0 Å². The SMILES string of the molecule is CN(CCNCCCCCO)C1CCCC1. The monoisotopic (exact) mass is 228 g/mol. The maximum atomic E-state index is 8.64. The third kappa shape index (κ3) is 5.83. The van der Waals surface area contributed by atoms with Crippen molar-refractivity contribution in [2.45, 2.75) is 51.0 Å². The highest BCUT2D eigenvalue weighted by Gasteiger charge is 2.18. The number of aliphatic hydroxyl groups excluding tert-OH is 1. The molecule has 96 valence electrons. The second-order valence-electron chi connectivity index (χ2n) is 4.95. The average Bonchev–Trinajstić information content (AvgIpc) is 2.81. The van der Waals surface area contributed by atoms with E-state index >= 15 is 0 Å². The van der Waals surface area contributed by atoms with Gasteiger partial charge in [-0.25, -0.2) is 0 Å². The number of nitrogens with zero attached hydrogens (tertiary/aromatic N) is 1. The van der Waals surface area contributed by atoms with Gasteiger partial charge in [0.25, 0.3) is 0 Å². The molecule has 1 rings (SSSR count). The minimum absolute atomic E-state index is 0.338. The zero-order valence-electron chi connectivity index (χ0n) is 10.7. The Kier molecular flexibility index (Phi) is 7.81. The van der Waals surface area contributed by atoms with E-state index in [0.29, 0.717) is 6.61 Å². The van der Waals surface area contributed by atoms with Crippen LogP contribution < -0.4 is 5.32 Å². The molecule has 0 heterocycles. The molecule has 0 amide bonds. The lowest BCUT2D eigenvalue weighted by Crippen LogP contribution is -2.35. The molecule has 3 nitrogen and oxygen atoms in total. The van der Waals surface area contributed by atoms with E-state index in [-0.39, 0.29) is 0 Å². The second-order valence-corrected chi connectivity index (χ2v) is 4.95. The summed E-state index contributed by atoms with van der Waals surface area (Å²) in [5, 5.41) is 12.1. The van der Waals surface area contributed by atoms with Gasteiger partial charge >= 0.3 is 0 Å². The van der Waals surface area contributed by atoms with Gasteiger partial charge in [-0.2, -0.15) is 0 Å². The quantitative estimate of drug-likeness (QED) is 0.589. The standard InChI is InChI=1S/C13H28N2O/c1-15(13-7-3-4-8-13)11-10-14-9-5-2-6-12-16/h13-14,16H,2-12H2,1H3. The van der Waals surface area contributed by atoms with E-state index in [0.717, 1.165) is 32.0 Å². The predicted molar refractivity (Wildman–Crippen MR) is 68.7 cm³/mol. The molecular weight excluding hydrogens is 200 g/mol. The van der Waals surface area contributed by atoms with Crippen molar-refractivity contribution in [3.63, 3.8) is 0 Å². The first kappa shape index (κ1) is 13.9. The van der Waals surface area contributed by atoms with Crippen LogP contribution in [0, 0.1) is 0 Å². The zero-order valence-corrected chi connectivity index (χ0v) is 10.7. The Morgan fingerprint density at radius 2 is 1.88 bits per heavy atom. The van der Waals surface area contributed by atoms with Gasteiger partial charge in [0.1, 0.15) is 0 Å². The van der Waals surface area contributed by atoms with Crippen LogP contribution in [0.4, 0.5) is 0 Å². The van der Waals surface area contributed by atoms with Crippen molar-refractivity contribution in [1.82, 2.24) is 10.2 Å². The molecule has 16 heavy (non-hydrogen) atoms. The summed E-state index contributed by atoms with van der Waals surface area (Å²) >= 11 is 0. The summed E-state index contributed by atoms with van der Waals surface area (Å²) < 4.78 is 0. The number of likely N-dealkylation sites (N-methyl/N-ethyl adjacent to an activating group) is 1. The Hall–Kier alpha value is -0.120. The van der Waals surface area contributed by atoms with Crippen LogP contribution >= 0.6 is 0 Å². The first-order valence-electron chi connectivity index (χ1n) is 6.86. The highest BCUT2D eigenvalue weighted by atomic mass is 16.2. The van der Waals surface area contributed by atoms with Crippen LogP contribution in [-0.4, -0.2) is 49.3 Å². The van der Waals surface area contributed by atoms with Crippen LogP contribution in [0.3, 0.4) is 0 Å². The fraction of sp³-hybridized carbons (Fsp3) is 1.00. The van der Waals surface area contributed by atoms with Crippen LogP contribution in [0.5, 0.6) is 0 Å². The molecule has 0 spiro atoms. The summed E-state index contributed by atoms with van der Waals surface area (Å²) in [5.41, 5.74) is 0. The summed E-state index contributed by atoms with van der Waals surface area (Å²) in [7, 11) is 2.25. The first-order chi connectivity index (χ1) is 7.84. The van der Waals surface area contributed by atoms with Gasteiger partial charge in [0.15, 0.2) is 0 Å². The van der Waals surface area contributed by atoms with Crippen molar-refractivity contribution in [2.24, 2.45) is 0 Å². The van der Waals surface area contributed by atoms with Crippen molar-refractivity contribution in [3.05, 3.63) is 0 Å². The van der Waals surface area contributed by atoms with Crippen LogP contribution in [-0.2, 0) is 0 Å². The number of hydrogen-bond acceptors (Lipinski definition) is 3. The van der Waals surface area contributed by atoms with E-state index in [9.17, 15) is 0 Å². The fourth-order valence-electron chi connectivity index (χ4n) is 2.45. The van der Waals surface area contributed by atoms with Crippen LogP contribution in [0.2, 0.25) is 0 Å². The van der Waals surface area contributed by atoms with Gasteiger partial charge in [-0.1, -0.05) is 12.8 Å². The molecule has 0 unspecified atom stereocenters. The predicted octanol–water partition coefficient (Wildman–Crippen LogP) is 1.61. The molecule has 3 heteroatoms. The van der Waals surface area contributed by atoms with Gasteiger partial charge in [-0.3, -0.25) is 0 Å². The van der Waals surface area contributed by atoms with Gasteiger partial charge in [-0.15, -0.1) is 0 Å². The molecule has 0 radical (unpaired) electrons. The minimum Gasteiger partial charge on any atom is -0.396 e. The highest BCUT2D eigenvalue weighted by molar-refractivity contribution is 4.75. The largest absolute Gasteiger partial charge is 0.396 e. The molecule has 1 aliphatic carbocycles. The van der Waals surface area contributed by atoms with Crippen LogP contribution in [0.15, 0.2) is 0 Å². The maximum Gasteiger partial charge on any atom is 0.0431 e. The van der Waals surface area contributed by atoms with Gasteiger partial charge < -0.3 is 15.3 Å². The smallest absolute Gasteiger partial charge is 0.0431 e. The molecule has 0 atom stereocenters. The van der Waals surface area contributed by atoms with E-state index in [4.69, 9.17) is 5.11 Å². The summed E-state index contributed by atoms with van der Waals surface area (Å²) in [6, 6.07) is 0.844. The maximum absolute atomic E-state index is 8.64. The molecule has 1 saturated carbocycles. The number of aliphatic hydroxyl groups is 1. The number of unbranched alkanes of at least 4 members (excludes halogenated alkanes) is 2. The Balaban J connectivity index is 1.86. The number of hydrogen-bond donors (Lipinski definition) is 2. The normalized spacial score (nSPS) is 17.4. The Morgan fingerprint density at radius 3 is 2.56 bits per heavy atom. The lowest BCUT2D eigenvalue weighted by atomic mass is 10.2. The molecule has 2 N–H and O–H groups in total. The number of rotatable bonds is 9. The van der Waals surface area contributed by atoms with Crippen LogP contribution in [0.25, 0.3) is 0 Å². The molecule has 0 saturated heterocycles. The zero-order chi connectivity index (χ0) is 11.6. The molecular formula is C13H28N2O. The lowest BCUT2D eigenvalue weighted by molar-refractivity contribution is 0.245. The number of nitrogens with one attached hydrogen (secondary N) is 1. The van der Waals surface area contributed by atoms with Gasteiger partial charge in [0.05, 0.1) is 0 Å². The molecule has 0 aliphatic heterocycles. The third-order valence-corrected chi connectivity index (χ3v) is 3.60. The summed E-state index contributed by atoms with van der Waals surface area (Å²) in [4.78, 5) is 2.51. The highest BCUT2D eigenvalue weighted by Crippen LogP contribution is 2.21. The van der Waals surface area contributed by atoms with Gasteiger partial charge in [0, 0.05) is 25.7 Å². The average molecular weight is 228 g/mol. The Bertz CT molecular complexity index is 158. The lowest BCUT2D eigenvalue weighted by Gasteiger charge is -2.23. The minimum atomic E-state index is 0.338. The topological polar surface area (TPSA) is 35.5 Å². The third-order valence-electron chi connectivity index (χ3n) is 3.60. The van der Waals surface area contributed by atoms with Crippen molar-refractivity contribution < 1.29 is 5.11 Å². The molecule has 1 fully saturated rings. The van der Waals surface area contributed by atoms with Gasteiger partial charge in [-0.05, 0) is 45.7 Å². The molecule has 0 aromatic rings. The Morgan fingerprint density at radius 1 is 1.12 bits per heavy atom. The molecule has 0 bridgehead atoms.